The normalized spacial score (nSPS) is 12.4. The Hall–Kier alpha value is -2.03. The van der Waals surface area contributed by atoms with Crippen molar-refractivity contribution in [3.63, 3.8) is 0 Å². The molecule has 18 heavy (non-hydrogen) atoms. The zero-order valence-electron chi connectivity index (χ0n) is 10.9. The molecular weight excluding hydrogens is 226 g/mol. The second-order valence-electron chi connectivity index (χ2n) is 4.45. The van der Waals surface area contributed by atoms with E-state index < -0.39 is 0 Å². The van der Waals surface area contributed by atoms with Gasteiger partial charge < -0.3 is 9.30 Å². The number of nitrogens with zero attached hydrogens (tertiary/aromatic N) is 1. The smallest absolute Gasteiger partial charge is 0.333 e. The van der Waals surface area contributed by atoms with Gasteiger partial charge in [-0.05, 0) is 11.6 Å². The average molecular weight is 243 g/mol. The zero-order chi connectivity index (χ0) is 13.3. The van der Waals surface area contributed by atoms with E-state index in [1.807, 2.05) is 32.3 Å². The first-order valence-electron chi connectivity index (χ1n) is 5.87. The van der Waals surface area contributed by atoms with Crippen LogP contribution >= 0.6 is 0 Å². The fraction of sp³-hybridized carbons (Fsp3) is 0.267. The van der Waals surface area contributed by atoms with Crippen LogP contribution in [0.15, 0.2) is 42.6 Å². The van der Waals surface area contributed by atoms with Gasteiger partial charge in [0.1, 0.15) is 0 Å². The van der Waals surface area contributed by atoms with E-state index >= 15 is 0 Å². The minimum Gasteiger partial charge on any atom is -0.466 e. The van der Waals surface area contributed by atoms with Gasteiger partial charge in [-0.15, -0.1) is 0 Å². The van der Waals surface area contributed by atoms with Crippen LogP contribution in [0, 0.1) is 0 Å². The van der Waals surface area contributed by atoms with Crippen molar-refractivity contribution in [2.45, 2.75) is 12.8 Å². The molecular formula is C15H17NO2. The number of carbonyl (C=O) groups excluding carboxylic acids is 1. The number of fused-ring (bicyclic) bond motifs is 1. The van der Waals surface area contributed by atoms with E-state index in [9.17, 15) is 4.79 Å². The predicted octanol–water partition coefficient (Wildman–Crippen LogP) is 3.01. The fourth-order valence-corrected chi connectivity index (χ4v) is 2.21. The van der Waals surface area contributed by atoms with Gasteiger partial charge in [-0.3, -0.25) is 0 Å². The Morgan fingerprint density at radius 3 is 2.72 bits per heavy atom. The SMILES string of the molecule is C=C(C(=O)OC)C(C)c1cn(C)c2ccccc12. The van der Waals surface area contributed by atoms with Crippen LogP contribution in [0.3, 0.4) is 0 Å². The highest BCUT2D eigenvalue weighted by Crippen LogP contribution is 2.31. The highest BCUT2D eigenvalue weighted by Gasteiger charge is 2.20. The summed E-state index contributed by atoms with van der Waals surface area (Å²) in [5, 5.41) is 1.15. The van der Waals surface area contributed by atoms with E-state index in [4.69, 9.17) is 4.74 Å². The Kier molecular flexibility index (Phi) is 3.24. The summed E-state index contributed by atoms with van der Waals surface area (Å²) in [6.45, 7) is 5.81. The second kappa shape index (κ2) is 4.69. The Balaban J connectivity index is 2.48. The molecule has 1 atom stereocenters. The van der Waals surface area contributed by atoms with E-state index in [0.29, 0.717) is 5.57 Å². The number of hydrogen-bond acceptors (Lipinski definition) is 2. The molecule has 0 aliphatic rings. The van der Waals surface area contributed by atoms with Crippen molar-refractivity contribution in [2.24, 2.45) is 7.05 Å². The van der Waals surface area contributed by atoms with Crippen LogP contribution in [-0.4, -0.2) is 17.6 Å². The number of methoxy groups -OCH3 is 1. The van der Waals surface area contributed by atoms with Gasteiger partial charge in [0.05, 0.1) is 7.11 Å². The molecule has 0 saturated heterocycles. The maximum atomic E-state index is 11.5. The van der Waals surface area contributed by atoms with Gasteiger partial charge in [0, 0.05) is 35.6 Å². The molecule has 1 unspecified atom stereocenters. The van der Waals surface area contributed by atoms with Crippen LogP contribution in [0.4, 0.5) is 0 Å². The first kappa shape index (κ1) is 12.4. The number of aryl methyl sites for hydroxylation is 1. The maximum Gasteiger partial charge on any atom is 0.333 e. The summed E-state index contributed by atoms with van der Waals surface area (Å²) in [5.41, 5.74) is 2.73. The topological polar surface area (TPSA) is 31.2 Å². The zero-order valence-corrected chi connectivity index (χ0v) is 10.9. The minimum absolute atomic E-state index is 0.0523. The summed E-state index contributed by atoms with van der Waals surface area (Å²) in [4.78, 5) is 11.5. The van der Waals surface area contributed by atoms with Crippen molar-refractivity contribution in [3.05, 3.63) is 48.2 Å². The summed E-state index contributed by atoms with van der Waals surface area (Å²) in [6, 6.07) is 8.13. The van der Waals surface area contributed by atoms with Crippen molar-refractivity contribution in [1.29, 1.82) is 0 Å². The lowest BCUT2D eigenvalue weighted by molar-refractivity contribution is -0.136. The first-order chi connectivity index (χ1) is 8.56. The molecule has 0 bridgehead atoms. The molecule has 2 rings (SSSR count). The number of para-hydroxylation sites is 1. The van der Waals surface area contributed by atoms with Gasteiger partial charge in [-0.2, -0.15) is 0 Å². The Morgan fingerprint density at radius 2 is 2.06 bits per heavy atom. The summed E-state index contributed by atoms with van der Waals surface area (Å²) >= 11 is 0. The molecule has 0 spiro atoms. The van der Waals surface area contributed by atoms with Gasteiger partial charge in [-0.25, -0.2) is 4.79 Å². The molecule has 0 N–H and O–H groups in total. The van der Waals surface area contributed by atoms with Crippen molar-refractivity contribution >= 4 is 16.9 Å². The maximum absolute atomic E-state index is 11.5. The summed E-state index contributed by atoms with van der Waals surface area (Å²) < 4.78 is 6.79. The number of benzene rings is 1. The number of hydrogen-bond donors (Lipinski definition) is 0. The van der Waals surface area contributed by atoms with E-state index in [2.05, 4.69) is 23.3 Å². The molecule has 0 aliphatic heterocycles. The lowest BCUT2D eigenvalue weighted by Crippen LogP contribution is -2.09. The highest BCUT2D eigenvalue weighted by atomic mass is 16.5. The van der Waals surface area contributed by atoms with Crippen molar-refractivity contribution in [1.82, 2.24) is 4.57 Å². The molecule has 3 heteroatoms. The van der Waals surface area contributed by atoms with Gasteiger partial charge in [0.15, 0.2) is 0 Å². The third-order valence-electron chi connectivity index (χ3n) is 3.36. The first-order valence-corrected chi connectivity index (χ1v) is 5.87. The number of rotatable bonds is 3. The molecule has 1 aromatic carbocycles. The average Bonchev–Trinajstić information content (AvgIpc) is 2.74. The van der Waals surface area contributed by atoms with Crippen molar-refractivity contribution in [2.75, 3.05) is 7.11 Å². The summed E-state index contributed by atoms with van der Waals surface area (Å²) in [5.74, 6) is -0.404. The molecule has 0 aliphatic carbocycles. The molecule has 3 nitrogen and oxygen atoms in total. The predicted molar refractivity (Wildman–Crippen MR) is 72.5 cm³/mol. The molecule has 1 aromatic heterocycles. The molecule has 0 amide bonds. The quantitative estimate of drug-likeness (QED) is 0.613. The van der Waals surface area contributed by atoms with E-state index in [1.165, 1.54) is 7.11 Å². The van der Waals surface area contributed by atoms with E-state index in [-0.39, 0.29) is 11.9 Å². The van der Waals surface area contributed by atoms with Crippen LogP contribution < -0.4 is 0 Å². The standard InChI is InChI=1S/C15H17NO2/c1-10(11(2)15(17)18-4)13-9-16(3)14-8-6-5-7-12(13)14/h5-10H,2H2,1,3-4H3. The summed E-state index contributed by atoms with van der Waals surface area (Å²) in [7, 11) is 3.38. The monoisotopic (exact) mass is 243 g/mol. The van der Waals surface area contributed by atoms with E-state index in [0.717, 1.165) is 16.5 Å². The number of ether oxygens (including phenoxy) is 1. The third-order valence-corrected chi connectivity index (χ3v) is 3.36. The highest BCUT2D eigenvalue weighted by molar-refractivity contribution is 5.92. The molecule has 0 radical (unpaired) electrons. The fourth-order valence-electron chi connectivity index (χ4n) is 2.21. The number of esters is 1. The lowest BCUT2D eigenvalue weighted by atomic mass is 9.93. The molecule has 94 valence electrons. The van der Waals surface area contributed by atoms with Crippen LogP contribution in [0.1, 0.15) is 18.4 Å². The Morgan fingerprint density at radius 1 is 1.39 bits per heavy atom. The van der Waals surface area contributed by atoms with Crippen LogP contribution in [-0.2, 0) is 16.6 Å². The van der Waals surface area contributed by atoms with Crippen LogP contribution in [0.25, 0.3) is 10.9 Å². The van der Waals surface area contributed by atoms with Gasteiger partial charge in [0.2, 0.25) is 0 Å². The van der Waals surface area contributed by atoms with E-state index in [1.54, 1.807) is 0 Å². The van der Waals surface area contributed by atoms with Gasteiger partial charge >= 0.3 is 5.97 Å². The largest absolute Gasteiger partial charge is 0.466 e. The molecule has 0 saturated carbocycles. The van der Waals surface area contributed by atoms with Crippen molar-refractivity contribution < 1.29 is 9.53 Å². The van der Waals surface area contributed by atoms with Gasteiger partial charge in [-0.1, -0.05) is 31.7 Å². The van der Waals surface area contributed by atoms with Crippen molar-refractivity contribution in [3.8, 4) is 0 Å². The van der Waals surface area contributed by atoms with Gasteiger partial charge in [0.25, 0.3) is 0 Å². The van der Waals surface area contributed by atoms with Crippen LogP contribution in [0.2, 0.25) is 0 Å². The second-order valence-corrected chi connectivity index (χ2v) is 4.45. The Bertz CT molecular complexity index is 610. The lowest BCUT2D eigenvalue weighted by Gasteiger charge is -2.12. The van der Waals surface area contributed by atoms with Crippen LogP contribution in [0.5, 0.6) is 0 Å². The number of aromatic nitrogens is 1. The number of carbonyl (C=O) groups is 1. The molecule has 2 aromatic rings. The molecule has 1 heterocycles. The third kappa shape index (κ3) is 1.92. The minimum atomic E-state index is -0.351. The Labute approximate surface area is 107 Å². The molecule has 0 fully saturated rings. The summed E-state index contributed by atoms with van der Waals surface area (Å²) in [6.07, 6.45) is 2.05.